The Morgan fingerprint density at radius 1 is 0.625 bits per heavy atom. The van der Waals surface area contributed by atoms with E-state index in [2.05, 4.69) is 48.2 Å². The molecule has 0 spiro atoms. The molecule has 2 N–H and O–H groups in total. The Balaban J connectivity index is 1.72. The zero-order valence-electron chi connectivity index (χ0n) is 14.7. The summed E-state index contributed by atoms with van der Waals surface area (Å²) in [4.78, 5) is 4.49. The van der Waals surface area contributed by atoms with Crippen LogP contribution in [0.2, 0.25) is 0 Å². The van der Waals surface area contributed by atoms with Crippen LogP contribution in [0.25, 0.3) is 0 Å². The van der Waals surface area contributed by atoms with Crippen molar-refractivity contribution in [3.05, 3.63) is 59.7 Å². The summed E-state index contributed by atoms with van der Waals surface area (Å²) in [5.74, 6) is 0. The molecular formula is C20H28N2O2. The number of unbranched alkanes of at least 4 members (excludes halogenated alkanes) is 1. The van der Waals surface area contributed by atoms with Gasteiger partial charge in [0.25, 0.3) is 0 Å². The van der Waals surface area contributed by atoms with Gasteiger partial charge in [0.2, 0.25) is 0 Å². The molecule has 0 saturated heterocycles. The van der Waals surface area contributed by atoms with Crippen molar-refractivity contribution in [1.82, 2.24) is 0 Å². The number of hydrogen-bond acceptors (Lipinski definition) is 4. The molecule has 0 heterocycles. The van der Waals surface area contributed by atoms with Gasteiger partial charge >= 0.3 is 0 Å². The highest BCUT2D eigenvalue weighted by molar-refractivity contribution is 5.47. The molecule has 2 aromatic carbocycles. The Morgan fingerprint density at radius 2 is 0.958 bits per heavy atom. The molecule has 2 aromatic rings. The minimum Gasteiger partial charge on any atom is -0.392 e. The van der Waals surface area contributed by atoms with Gasteiger partial charge in [-0.15, -0.1) is 0 Å². The third kappa shape index (κ3) is 5.25. The van der Waals surface area contributed by atoms with Gasteiger partial charge in [0.1, 0.15) is 0 Å². The maximum atomic E-state index is 9.08. The lowest BCUT2D eigenvalue weighted by Gasteiger charge is -2.22. The fourth-order valence-electron chi connectivity index (χ4n) is 2.67. The standard InChI is InChI=1S/C20H28N2O2/c1-21(19-9-5-17(15-23)6-10-19)13-3-4-14-22(2)20-11-7-18(16-24)8-12-20/h5-12,23-24H,3-4,13-16H2,1-2H3. The van der Waals surface area contributed by atoms with Gasteiger partial charge in [-0.25, -0.2) is 0 Å². The summed E-state index contributed by atoms with van der Waals surface area (Å²) in [5.41, 5.74) is 4.25. The first-order valence-corrected chi connectivity index (χ1v) is 8.46. The van der Waals surface area contributed by atoms with E-state index in [4.69, 9.17) is 10.2 Å². The molecule has 4 heteroatoms. The normalized spacial score (nSPS) is 10.7. The number of rotatable bonds is 9. The third-order valence-electron chi connectivity index (χ3n) is 4.36. The van der Waals surface area contributed by atoms with E-state index in [0.717, 1.165) is 37.1 Å². The second-order valence-electron chi connectivity index (χ2n) is 6.20. The van der Waals surface area contributed by atoms with Crippen LogP contribution in [0.3, 0.4) is 0 Å². The van der Waals surface area contributed by atoms with E-state index in [-0.39, 0.29) is 13.2 Å². The lowest BCUT2D eigenvalue weighted by molar-refractivity contribution is 0.281. The fraction of sp³-hybridized carbons (Fsp3) is 0.400. The van der Waals surface area contributed by atoms with E-state index < -0.39 is 0 Å². The molecule has 0 radical (unpaired) electrons. The van der Waals surface area contributed by atoms with Gasteiger partial charge in [0, 0.05) is 38.6 Å². The van der Waals surface area contributed by atoms with Crippen molar-refractivity contribution in [2.75, 3.05) is 37.0 Å². The third-order valence-corrected chi connectivity index (χ3v) is 4.36. The molecule has 0 bridgehead atoms. The van der Waals surface area contributed by atoms with Gasteiger partial charge in [-0.05, 0) is 48.2 Å². The van der Waals surface area contributed by atoms with E-state index in [1.165, 1.54) is 11.4 Å². The van der Waals surface area contributed by atoms with Crippen LogP contribution in [0.1, 0.15) is 24.0 Å². The van der Waals surface area contributed by atoms with Crippen molar-refractivity contribution >= 4 is 11.4 Å². The molecule has 4 nitrogen and oxygen atoms in total. The summed E-state index contributed by atoms with van der Waals surface area (Å²) in [6, 6.07) is 16.1. The van der Waals surface area contributed by atoms with Gasteiger partial charge in [0.05, 0.1) is 13.2 Å². The molecule has 0 aliphatic rings. The van der Waals surface area contributed by atoms with Crippen molar-refractivity contribution in [2.45, 2.75) is 26.1 Å². The second kappa shape index (κ2) is 9.30. The Bertz CT molecular complexity index is 541. The summed E-state index contributed by atoms with van der Waals surface area (Å²) in [5, 5.41) is 18.2. The molecule has 2 rings (SSSR count). The zero-order chi connectivity index (χ0) is 17.4. The van der Waals surface area contributed by atoms with Crippen LogP contribution in [0.15, 0.2) is 48.5 Å². The van der Waals surface area contributed by atoms with Crippen molar-refractivity contribution in [2.24, 2.45) is 0 Å². The fourth-order valence-corrected chi connectivity index (χ4v) is 2.67. The highest BCUT2D eigenvalue weighted by atomic mass is 16.3. The Labute approximate surface area is 145 Å². The smallest absolute Gasteiger partial charge is 0.0681 e. The molecule has 0 saturated carbocycles. The number of benzene rings is 2. The number of hydrogen-bond donors (Lipinski definition) is 2. The highest BCUT2D eigenvalue weighted by Gasteiger charge is 2.03. The van der Waals surface area contributed by atoms with Gasteiger partial charge < -0.3 is 20.0 Å². The molecule has 0 atom stereocenters. The second-order valence-corrected chi connectivity index (χ2v) is 6.20. The molecule has 0 aliphatic carbocycles. The van der Waals surface area contributed by atoms with Gasteiger partial charge in [-0.1, -0.05) is 24.3 Å². The van der Waals surface area contributed by atoms with Crippen LogP contribution in [0.4, 0.5) is 11.4 Å². The van der Waals surface area contributed by atoms with Crippen LogP contribution in [-0.2, 0) is 13.2 Å². The van der Waals surface area contributed by atoms with Crippen molar-refractivity contribution in [1.29, 1.82) is 0 Å². The van der Waals surface area contributed by atoms with Gasteiger partial charge in [-0.3, -0.25) is 0 Å². The maximum Gasteiger partial charge on any atom is 0.0681 e. The monoisotopic (exact) mass is 328 g/mol. The van der Waals surface area contributed by atoms with Gasteiger partial charge in [-0.2, -0.15) is 0 Å². The van der Waals surface area contributed by atoms with Crippen molar-refractivity contribution < 1.29 is 10.2 Å². The van der Waals surface area contributed by atoms with E-state index in [0.29, 0.717) is 0 Å². The lowest BCUT2D eigenvalue weighted by atomic mass is 10.2. The summed E-state index contributed by atoms with van der Waals surface area (Å²) < 4.78 is 0. The van der Waals surface area contributed by atoms with Crippen LogP contribution in [0.5, 0.6) is 0 Å². The number of nitrogens with zero attached hydrogens (tertiary/aromatic N) is 2. The van der Waals surface area contributed by atoms with Crippen molar-refractivity contribution in [3.8, 4) is 0 Å². The van der Waals surface area contributed by atoms with Crippen LogP contribution < -0.4 is 9.80 Å². The minimum absolute atomic E-state index is 0.0929. The molecule has 0 aromatic heterocycles. The first-order valence-electron chi connectivity index (χ1n) is 8.46. The summed E-state index contributed by atoms with van der Waals surface area (Å²) in [6.07, 6.45) is 2.24. The number of aliphatic hydroxyl groups excluding tert-OH is 2. The minimum atomic E-state index is 0.0929. The average molecular weight is 328 g/mol. The van der Waals surface area contributed by atoms with E-state index in [9.17, 15) is 0 Å². The SMILES string of the molecule is CN(CCCCN(C)c1ccc(CO)cc1)c1ccc(CO)cc1. The van der Waals surface area contributed by atoms with E-state index in [1.807, 2.05) is 24.3 Å². The van der Waals surface area contributed by atoms with Crippen LogP contribution in [-0.4, -0.2) is 37.4 Å². The molecule has 0 aliphatic heterocycles. The largest absolute Gasteiger partial charge is 0.392 e. The molecule has 0 amide bonds. The average Bonchev–Trinajstić information content (AvgIpc) is 2.65. The predicted molar refractivity (Wildman–Crippen MR) is 101 cm³/mol. The van der Waals surface area contributed by atoms with E-state index in [1.54, 1.807) is 0 Å². The van der Waals surface area contributed by atoms with E-state index >= 15 is 0 Å². The van der Waals surface area contributed by atoms with Crippen LogP contribution >= 0.6 is 0 Å². The quantitative estimate of drug-likeness (QED) is 0.695. The van der Waals surface area contributed by atoms with Crippen molar-refractivity contribution in [3.63, 3.8) is 0 Å². The van der Waals surface area contributed by atoms with Crippen LogP contribution in [0, 0.1) is 0 Å². The number of aliphatic hydroxyl groups is 2. The molecule has 24 heavy (non-hydrogen) atoms. The summed E-state index contributed by atoms with van der Waals surface area (Å²) >= 11 is 0. The highest BCUT2D eigenvalue weighted by Crippen LogP contribution is 2.16. The zero-order valence-corrected chi connectivity index (χ0v) is 14.7. The Kier molecular flexibility index (Phi) is 7.09. The molecular weight excluding hydrogens is 300 g/mol. The number of anilines is 2. The Morgan fingerprint density at radius 3 is 1.25 bits per heavy atom. The topological polar surface area (TPSA) is 46.9 Å². The maximum absolute atomic E-state index is 9.08. The predicted octanol–water partition coefficient (Wildman–Crippen LogP) is 3.02. The van der Waals surface area contributed by atoms with Gasteiger partial charge in [0.15, 0.2) is 0 Å². The molecule has 0 unspecified atom stereocenters. The first kappa shape index (κ1) is 18.3. The molecule has 0 fully saturated rings. The molecule has 130 valence electrons. The first-order chi connectivity index (χ1) is 11.6. The summed E-state index contributed by atoms with van der Waals surface area (Å²) in [6.45, 7) is 2.21. The Hall–Kier alpha value is -2.04. The lowest BCUT2D eigenvalue weighted by Crippen LogP contribution is -2.22. The summed E-state index contributed by atoms with van der Waals surface area (Å²) in [7, 11) is 4.20.